The predicted octanol–water partition coefficient (Wildman–Crippen LogP) is 2.72. The van der Waals surface area contributed by atoms with Gasteiger partial charge in [0.1, 0.15) is 10.7 Å². The molecule has 0 atom stereocenters. The van der Waals surface area contributed by atoms with E-state index in [1.165, 1.54) is 0 Å². The Hall–Kier alpha value is -1.70. The lowest BCUT2D eigenvalue weighted by molar-refractivity contribution is 0.871. The molecule has 0 aliphatic heterocycles. The highest BCUT2D eigenvalue weighted by atomic mass is 35.5. The molecule has 78 valence electrons. The summed E-state index contributed by atoms with van der Waals surface area (Å²) in [6.07, 6.45) is 0. The highest BCUT2D eigenvalue weighted by Crippen LogP contribution is 2.29. The van der Waals surface area contributed by atoms with E-state index in [9.17, 15) is 0 Å². The first-order chi connectivity index (χ1) is 7.72. The summed E-state index contributed by atoms with van der Waals surface area (Å²) in [4.78, 5) is 0. The number of nitrogens with zero attached hydrogens (tertiary/aromatic N) is 4. The second kappa shape index (κ2) is 4.44. The van der Waals surface area contributed by atoms with Crippen molar-refractivity contribution >= 4 is 23.2 Å². The highest BCUT2D eigenvalue weighted by Gasteiger charge is 2.10. The SMILES string of the molecule is N#Cc1ccc(-c2nnnc(Cl)c2Cl)cc1. The summed E-state index contributed by atoms with van der Waals surface area (Å²) in [6.45, 7) is 0. The monoisotopic (exact) mass is 250 g/mol. The highest BCUT2D eigenvalue weighted by molar-refractivity contribution is 6.42. The largest absolute Gasteiger partial charge is 0.192 e. The van der Waals surface area contributed by atoms with Crippen LogP contribution in [0.25, 0.3) is 11.3 Å². The molecule has 0 radical (unpaired) electrons. The minimum atomic E-state index is 0.107. The first kappa shape index (κ1) is 10.8. The van der Waals surface area contributed by atoms with Gasteiger partial charge >= 0.3 is 0 Å². The number of aromatic nitrogens is 3. The van der Waals surface area contributed by atoms with E-state index in [1.807, 2.05) is 6.07 Å². The second-order valence-electron chi connectivity index (χ2n) is 2.93. The first-order valence-electron chi connectivity index (χ1n) is 4.27. The molecule has 2 aromatic rings. The van der Waals surface area contributed by atoms with Crippen LogP contribution in [0.1, 0.15) is 5.56 Å². The molecule has 16 heavy (non-hydrogen) atoms. The van der Waals surface area contributed by atoms with E-state index in [-0.39, 0.29) is 10.2 Å². The van der Waals surface area contributed by atoms with Crippen molar-refractivity contribution in [3.05, 3.63) is 40.0 Å². The number of hydrogen-bond donors (Lipinski definition) is 0. The van der Waals surface area contributed by atoms with E-state index in [0.29, 0.717) is 11.3 Å². The molecule has 0 saturated heterocycles. The maximum atomic E-state index is 8.66. The van der Waals surface area contributed by atoms with Crippen LogP contribution < -0.4 is 0 Å². The normalized spacial score (nSPS) is 9.81. The lowest BCUT2D eigenvalue weighted by atomic mass is 10.1. The van der Waals surface area contributed by atoms with Gasteiger partial charge in [0.15, 0.2) is 5.15 Å². The van der Waals surface area contributed by atoms with E-state index in [0.717, 1.165) is 5.56 Å². The smallest absolute Gasteiger partial charge is 0.174 e. The molecular weight excluding hydrogens is 247 g/mol. The minimum absolute atomic E-state index is 0.107. The Morgan fingerprint density at radius 3 is 2.38 bits per heavy atom. The molecular formula is C10H4Cl2N4. The van der Waals surface area contributed by atoms with Crippen LogP contribution in [-0.4, -0.2) is 15.4 Å². The zero-order valence-electron chi connectivity index (χ0n) is 7.85. The zero-order chi connectivity index (χ0) is 11.5. The molecule has 0 bridgehead atoms. The molecule has 0 aliphatic rings. The summed E-state index contributed by atoms with van der Waals surface area (Å²) in [5.41, 5.74) is 1.75. The predicted molar refractivity (Wildman–Crippen MR) is 60.0 cm³/mol. The Bertz CT molecular complexity index is 560. The van der Waals surface area contributed by atoms with E-state index in [1.54, 1.807) is 24.3 Å². The lowest BCUT2D eigenvalue weighted by Gasteiger charge is -2.02. The average Bonchev–Trinajstić information content (AvgIpc) is 2.33. The van der Waals surface area contributed by atoms with Gasteiger partial charge in [-0.25, -0.2) is 0 Å². The molecule has 1 heterocycles. The Balaban J connectivity index is 2.51. The molecule has 2 rings (SSSR count). The molecule has 0 unspecified atom stereocenters. The van der Waals surface area contributed by atoms with Gasteiger partial charge in [0.25, 0.3) is 0 Å². The maximum Gasteiger partial charge on any atom is 0.174 e. The molecule has 0 saturated carbocycles. The van der Waals surface area contributed by atoms with Crippen LogP contribution in [0.3, 0.4) is 0 Å². The van der Waals surface area contributed by atoms with Gasteiger partial charge in [0.2, 0.25) is 0 Å². The van der Waals surface area contributed by atoms with Crippen LogP contribution in [0, 0.1) is 11.3 Å². The van der Waals surface area contributed by atoms with Crippen molar-refractivity contribution in [2.24, 2.45) is 0 Å². The Morgan fingerprint density at radius 1 is 1.06 bits per heavy atom. The third-order valence-electron chi connectivity index (χ3n) is 1.95. The summed E-state index contributed by atoms with van der Waals surface area (Å²) in [6, 6.07) is 8.81. The summed E-state index contributed by atoms with van der Waals surface area (Å²) in [5.74, 6) is 0. The van der Waals surface area contributed by atoms with Gasteiger partial charge in [-0.3, -0.25) is 0 Å². The standard InChI is InChI=1S/C10H4Cl2N4/c11-8-9(14-16-15-10(8)12)7-3-1-6(5-13)2-4-7/h1-4H. The van der Waals surface area contributed by atoms with Crippen LogP contribution in [0.5, 0.6) is 0 Å². The van der Waals surface area contributed by atoms with Gasteiger partial charge in [0, 0.05) is 5.56 Å². The molecule has 0 fully saturated rings. The summed E-state index contributed by atoms with van der Waals surface area (Å²) < 4.78 is 0. The van der Waals surface area contributed by atoms with Crippen molar-refractivity contribution in [1.29, 1.82) is 5.26 Å². The molecule has 6 heteroatoms. The van der Waals surface area contributed by atoms with Crippen molar-refractivity contribution in [1.82, 2.24) is 15.4 Å². The number of hydrogen-bond acceptors (Lipinski definition) is 4. The van der Waals surface area contributed by atoms with Crippen LogP contribution in [0.2, 0.25) is 10.2 Å². The van der Waals surface area contributed by atoms with Crippen LogP contribution >= 0.6 is 23.2 Å². The summed E-state index contributed by atoms with van der Waals surface area (Å²) in [5, 5.41) is 19.8. The summed E-state index contributed by atoms with van der Waals surface area (Å²) in [7, 11) is 0. The van der Waals surface area contributed by atoms with Crippen molar-refractivity contribution in [3.8, 4) is 17.3 Å². The fourth-order valence-electron chi connectivity index (χ4n) is 1.18. The fraction of sp³-hybridized carbons (Fsp3) is 0. The van der Waals surface area contributed by atoms with Crippen molar-refractivity contribution in [2.75, 3.05) is 0 Å². The molecule has 0 N–H and O–H groups in total. The molecule has 4 nitrogen and oxygen atoms in total. The zero-order valence-corrected chi connectivity index (χ0v) is 9.37. The fourth-order valence-corrected chi connectivity index (χ4v) is 1.49. The maximum absolute atomic E-state index is 8.66. The van der Waals surface area contributed by atoms with Gasteiger partial charge in [-0.15, -0.1) is 10.2 Å². The average molecular weight is 251 g/mol. The van der Waals surface area contributed by atoms with Crippen molar-refractivity contribution in [3.63, 3.8) is 0 Å². The van der Waals surface area contributed by atoms with Gasteiger partial charge in [-0.05, 0) is 17.3 Å². The van der Waals surface area contributed by atoms with E-state index in [2.05, 4.69) is 15.4 Å². The topological polar surface area (TPSA) is 62.5 Å². The Kier molecular flexibility index (Phi) is 3.00. The Morgan fingerprint density at radius 2 is 1.75 bits per heavy atom. The third-order valence-corrected chi connectivity index (χ3v) is 2.67. The molecule has 0 amide bonds. The quantitative estimate of drug-likeness (QED) is 0.781. The van der Waals surface area contributed by atoms with E-state index >= 15 is 0 Å². The number of benzene rings is 1. The molecule has 0 aliphatic carbocycles. The Labute approximate surface area is 101 Å². The van der Waals surface area contributed by atoms with E-state index in [4.69, 9.17) is 28.5 Å². The van der Waals surface area contributed by atoms with Gasteiger partial charge < -0.3 is 0 Å². The minimum Gasteiger partial charge on any atom is -0.192 e. The van der Waals surface area contributed by atoms with E-state index < -0.39 is 0 Å². The third kappa shape index (κ3) is 1.96. The first-order valence-corrected chi connectivity index (χ1v) is 5.03. The van der Waals surface area contributed by atoms with Crippen LogP contribution in [-0.2, 0) is 0 Å². The van der Waals surface area contributed by atoms with Crippen molar-refractivity contribution < 1.29 is 0 Å². The van der Waals surface area contributed by atoms with Gasteiger partial charge in [0.05, 0.1) is 11.6 Å². The number of nitriles is 1. The molecule has 0 spiro atoms. The van der Waals surface area contributed by atoms with Gasteiger partial charge in [-0.2, -0.15) is 5.26 Å². The van der Waals surface area contributed by atoms with Crippen LogP contribution in [0.4, 0.5) is 0 Å². The summed E-state index contributed by atoms with van der Waals surface area (Å²) >= 11 is 11.7. The van der Waals surface area contributed by atoms with Crippen molar-refractivity contribution in [2.45, 2.75) is 0 Å². The second-order valence-corrected chi connectivity index (χ2v) is 3.67. The number of rotatable bonds is 1. The van der Waals surface area contributed by atoms with Gasteiger partial charge in [-0.1, -0.05) is 35.3 Å². The lowest BCUT2D eigenvalue weighted by Crippen LogP contribution is -1.93. The number of halogens is 2. The molecule has 1 aromatic carbocycles. The van der Waals surface area contributed by atoms with Crippen LogP contribution in [0.15, 0.2) is 24.3 Å². The molecule has 1 aromatic heterocycles.